The van der Waals surface area contributed by atoms with Gasteiger partial charge in [0.2, 0.25) is 5.91 Å². The molecule has 0 saturated carbocycles. The van der Waals surface area contributed by atoms with Gasteiger partial charge in [-0.15, -0.1) is 12.4 Å². The van der Waals surface area contributed by atoms with Crippen LogP contribution in [-0.4, -0.2) is 25.5 Å². The van der Waals surface area contributed by atoms with Crippen LogP contribution in [0, 0.1) is 5.92 Å². The number of benzene rings is 1. The maximum absolute atomic E-state index is 12.7. The number of carbonyl (C=O) groups excluding carboxylic acids is 1. The van der Waals surface area contributed by atoms with Crippen LogP contribution in [0.25, 0.3) is 0 Å². The Hall–Kier alpha value is -1.27. The van der Waals surface area contributed by atoms with Gasteiger partial charge in [-0.2, -0.15) is 13.2 Å². The highest BCUT2D eigenvalue weighted by Gasteiger charge is 2.30. The van der Waals surface area contributed by atoms with Crippen LogP contribution in [0.15, 0.2) is 24.3 Å². The zero-order valence-electron chi connectivity index (χ0n) is 14.4. The summed E-state index contributed by atoms with van der Waals surface area (Å²) in [5.41, 5.74) is 0.0252. The average molecular weight is 379 g/mol. The minimum absolute atomic E-state index is 0. The van der Waals surface area contributed by atoms with Gasteiger partial charge in [0.05, 0.1) is 5.56 Å². The van der Waals surface area contributed by atoms with Gasteiger partial charge in [0.15, 0.2) is 0 Å². The van der Waals surface area contributed by atoms with Crippen LogP contribution in [0.5, 0.6) is 0 Å². The summed E-state index contributed by atoms with van der Waals surface area (Å²) in [6.45, 7) is 4.38. The van der Waals surface area contributed by atoms with Gasteiger partial charge in [-0.05, 0) is 55.8 Å². The zero-order chi connectivity index (χ0) is 17.6. The van der Waals surface area contributed by atoms with Crippen LogP contribution in [0.1, 0.15) is 49.7 Å². The van der Waals surface area contributed by atoms with E-state index in [0.717, 1.165) is 32.0 Å². The molecule has 0 radical (unpaired) electrons. The minimum atomic E-state index is -4.32. The first kappa shape index (κ1) is 21.8. The van der Waals surface area contributed by atoms with E-state index in [-0.39, 0.29) is 24.2 Å². The first-order chi connectivity index (χ1) is 11.4. The predicted octanol–water partition coefficient (Wildman–Crippen LogP) is 4.13. The molecule has 2 N–H and O–H groups in total. The van der Waals surface area contributed by atoms with Crippen LogP contribution >= 0.6 is 12.4 Å². The monoisotopic (exact) mass is 378 g/mol. The van der Waals surface area contributed by atoms with Crippen LogP contribution in [0.3, 0.4) is 0 Å². The van der Waals surface area contributed by atoms with Gasteiger partial charge in [-0.3, -0.25) is 4.79 Å². The van der Waals surface area contributed by atoms with E-state index in [0.29, 0.717) is 30.9 Å². The lowest BCUT2D eigenvalue weighted by Crippen LogP contribution is -2.26. The maximum Gasteiger partial charge on any atom is 0.416 e. The Morgan fingerprint density at radius 3 is 2.80 bits per heavy atom. The predicted molar refractivity (Wildman–Crippen MR) is 94.9 cm³/mol. The third-order valence-electron chi connectivity index (χ3n) is 4.62. The molecule has 0 aliphatic carbocycles. The van der Waals surface area contributed by atoms with E-state index in [4.69, 9.17) is 0 Å². The van der Waals surface area contributed by atoms with Crippen LogP contribution in [-0.2, 0) is 11.0 Å². The summed E-state index contributed by atoms with van der Waals surface area (Å²) < 4.78 is 38.2. The first-order valence-corrected chi connectivity index (χ1v) is 8.51. The SMILES string of the molecule is CC(CCNC(=O)CCC1CCNC1)c1cccc(C(F)(F)F)c1.Cl. The summed E-state index contributed by atoms with van der Waals surface area (Å²) in [5, 5.41) is 6.15. The van der Waals surface area contributed by atoms with E-state index in [1.54, 1.807) is 6.07 Å². The van der Waals surface area contributed by atoms with Gasteiger partial charge in [0.1, 0.15) is 0 Å². The number of amides is 1. The molecule has 1 aliphatic rings. The highest BCUT2D eigenvalue weighted by molar-refractivity contribution is 5.85. The molecule has 1 fully saturated rings. The zero-order valence-corrected chi connectivity index (χ0v) is 15.2. The van der Waals surface area contributed by atoms with Gasteiger partial charge < -0.3 is 10.6 Å². The van der Waals surface area contributed by atoms with Gasteiger partial charge in [-0.1, -0.05) is 25.1 Å². The Balaban J connectivity index is 0.00000312. The van der Waals surface area contributed by atoms with E-state index in [1.165, 1.54) is 12.1 Å². The van der Waals surface area contributed by atoms with Gasteiger partial charge in [0.25, 0.3) is 0 Å². The molecule has 1 aliphatic heterocycles. The van der Waals surface area contributed by atoms with Gasteiger partial charge >= 0.3 is 6.18 Å². The Labute approximate surface area is 153 Å². The molecule has 3 nitrogen and oxygen atoms in total. The summed E-state index contributed by atoms with van der Waals surface area (Å²) in [6.07, 6.45) is -1.16. The summed E-state index contributed by atoms with van der Waals surface area (Å²) in [7, 11) is 0. The summed E-state index contributed by atoms with van der Waals surface area (Å²) >= 11 is 0. The average Bonchev–Trinajstić information content (AvgIpc) is 3.05. The molecule has 0 bridgehead atoms. The maximum atomic E-state index is 12.7. The lowest BCUT2D eigenvalue weighted by molar-refractivity contribution is -0.137. The topological polar surface area (TPSA) is 41.1 Å². The molecule has 1 heterocycles. The molecular formula is C18H26ClF3N2O. The fourth-order valence-electron chi connectivity index (χ4n) is 3.00. The molecule has 1 saturated heterocycles. The van der Waals surface area contributed by atoms with E-state index >= 15 is 0 Å². The number of carbonyl (C=O) groups is 1. The molecule has 1 aromatic carbocycles. The second-order valence-electron chi connectivity index (χ2n) is 6.56. The standard InChI is InChI=1S/C18H25F3N2O.ClH/c1-13(15-3-2-4-16(11-15)18(19,20)21)7-10-23-17(24)6-5-14-8-9-22-12-14;/h2-4,11,13-14,22H,5-10,12H2,1H3,(H,23,24);1H. The summed E-state index contributed by atoms with van der Waals surface area (Å²) in [4.78, 5) is 11.8. The molecule has 0 spiro atoms. The number of rotatable bonds is 7. The Morgan fingerprint density at radius 1 is 1.40 bits per heavy atom. The summed E-state index contributed by atoms with van der Waals surface area (Å²) in [5.74, 6) is 0.574. The Kier molecular flexibility index (Phi) is 8.73. The lowest BCUT2D eigenvalue weighted by Gasteiger charge is -2.15. The van der Waals surface area contributed by atoms with E-state index in [9.17, 15) is 18.0 Å². The molecular weight excluding hydrogens is 353 g/mol. The Bertz CT molecular complexity index is 545. The molecule has 2 atom stereocenters. The number of hydrogen-bond donors (Lipinski definition) is 2. The molecule has 0 aromatic heterocycles. The summed E-state index contributed by atoms with van der Waals surface area (Å²) in [6, 6.07) is 5.41. The molecule has 1 amide bonds. The van der Waals surface area contributed by atoms with E-state index < -0.39 is 11.7 Å². The van der Waals surface area contributed by atoms with Crippen molar-refractivity contribution in [3.8, 4) is 0 Å². The normalized spacial score (nSPS) is 18.5. The molecule has 7 heteroatoms. The second kappa shape index (κ2) is 10.0. The lowest BCUT2D eigenvalue weighted by atomic mass is 9.96. The van der Waals surface area contributed by atoms with Crippen molar-refractivity contribution in [2.45, 2.75) is 44.7 Å². The fourth-order valence-corrected chi connectivity index (χ4v) is 3.00. The van der Waals surface area contributed by atoms with Crippen molar-refractivity contribution >= 4 is 18.3 Å². The first-order valence-electron chi connectivity index (χ1n) is 8.51. The number of alkyl halides is 3. The highest BCUT2D eigenvalue weighted by Crippen LogP contribution is 2.31. The number of halogens is 4. The van der Waals surface area contributed by atoms with Crippen molar-refractivity contribution in [2.75, 3.05) is 19.6 Å². The third kappa shape index (κ3) is 7.24. The Morgan fingerprint density at radius 2 is 2.16 bits per heavy atom. The quantitative estimate of drug-likeness (QED) is 0.749. The largest absolute Gasteiger partial charge is 0.416 e. The van der Waals surface area contributed by atoms with Crippen molar-refractivity contribution in [1.82, 2.24) is 10.6 Å². The van der Waals surface area contributed by atoms with Crippen molar-refractivity contribution in [2.24, 2.45) is 5.92 Å². The molecule has 25 heavy (non-hydrogen) atoms. The van der Waals surface area contributed by atoms with Crippen molar-refractivity contribution in [3.05, 3.63) is 35.4 Å². The molecule has 2 unspecified atom stereocenters. The van der Waals surface area contributed by atoms with Crippen LogP contribution < -0.4 is 10.6 Å². The minimum Gasteiger partial charge on any atom is -0.356 e. The smallest absolute Gasteiger partial charge is 0.356 e. The van der Waals surface area contributed by atoms with Crippen LogP contribution in [0.4, 0.5) is 13.2 Å². The van der Waals surface area contributed by atoms with Crippen molar-refractivity contribution in [3.63, 3.8) is 0 Å². The molecule has 142 valence electrons. The van der Waals surface area contributed by atoms with Crippen molar-refractivity contribution in [1.29, 1.82) is 0 Å². The number of hydrogen-bond acceptors (Lipinski definition) is 2. The van der Waals surface area contributed by atoms with Crippen LogP contribution in [0.2, 0.25) is 0 Å². The fraction of sp³-hybridized carbons (Fsp3) is 0.611. The number of nitrogens with one attached hydrogen (secondary N) is 2. The van der Waals surface area contributed by atoms with E-state index in [1.807, 2.05) is 6.92 Å². The molecule has 2 rings (SSSR count). The van der Waals surface area contributed by atoms with Gasteiger partial charge in [-0.25, -0.2) is 0 Å². The van der Waals surface area contributed by atoms with Gasteiger partial charge in [0, 0.05) is 13.0 Å². The molecule has 1 aromatic rings. The second-order valence-corrected chi connectivity index (χ2v) is 6.56. The van der Waals surface area contributed by atoms with Crippen molar-refractivity contribution < 1.29 is 18.0 Å². The third-order valence-corrected chi connectivity index (χ3v) is 4.62. The van der Waals surface area contributed by atoms with E-state index in [2.05, 4.69) is 10.6 Å². The highest BCUT2D eigenvalue weighted by atomic mass is 35.5.